The van der Waals surface area contributed by atoms with E-state index in [2.05, 4.69) is 15.3 Å². The molecule has 3 heterocycles. The Kier molecular flexibility index (Phi) is 6.39. The van der Waals surface area contributed by atoms with Crippen molar-refractivity contribution in [2.45, 2.75) is 18.9 Å². The average Bonchev–Trinajstić information content (AvgIpc) is 2.69. The molecule has 0 bridgehead atoms. The number of ether oxygens (including phenoxy) is 2. The van der Waals surface area contributed by atoms with Gasteiger partial charge >= 0.3 is 0 Å². The molecule has 148 valence electrons. The topological polar surface area (TPSA) is 78.3 Å². The molecule has 1 aliphatic heterocycles. The first-order valence-electron chi connectivity index (χ1n) is 8.75. The first-order valence-corrected chi connectivity index (χ1v) is 9.13. The molecule has 7 nitrogen and oxygen atoms in total. The number of halogens is 2. The van der Waals surface area contributed by atoms with Gasteiger partial charge in [-0.15, -0.1) is 12.4 Å². The maximum atomic E-state index is 12.7. The number of fused-ring (bicyclic) bond motifs is 1. The molecular weight excluding hydrogens is 403 g/mol. The van der Waals surface area contributed by atoms with E-state index in [1.165, 1.54) is 4.57 Å². The molecule has 28 heavy (non-hydrogen) atoms. The standard InChI is InChI=1S/C19H19ClN4O3.ClH/c1-24-17-12(11-21-19(23-17)22-13-6-8-26-9-7-13)10-16(18(24)25)27-15-5-3-2-4-14(15)20;/h2-5,10-11,13H,6-9H2,1H3,(H,21,22,23);1H. The molecule has 4 rings (SSSR count). The first kappa shape index (κ1) is 20.4. The zero-order valence-corrected chi connectivity index (χ0v) is 16.8. The van der Waals surface area contributed by atoms with Crippen LogP contribution < -0.4 is 15.6 Å². The number of anilines is 1. The number of aromatic nitrogens is 3. The lowest BCUT2D eigenvalue weighted by Gasteiger charge is -2.23. The average molecular weight is 423 g/mol. The Balaban J connectivity index is 0.00000225. The van der Waals surface area contributed by atoms with Crippen molar-refractivity contribution in [1.29, 1.82) is 0 Å². The van der Waals surface area contributed by atoms with E-state index in [-0.39, 0.29) is 29.8 Å². The van der Waals surface area contributed by atoms with E-state index in [0.717, 1.165) is 26.1 Å². The largest absolute Gasteiger partial charge is 0.450 e. The highest BCUT2D eigenvalue weighted by Gasteiger charge is 2.16. The minimum atomic E-state index is -0.293. The highest BCUT2D eigenvalue weighted by Crippen LogP contribution is 2.28. The number of aryl methyl sites for hydroxylation is 1. The molecule has 9 heteroatoms. The second-order valence-corrected chi connectivity index (χ2v) is 6.82. The van der Waals surface area contributed by atoms with E-state index in [0.29, 0.717) is 27.8 Å². The Labute approximate surface area is 173 Å². The molecule has 0 saturated carbocycles. The number of rotatable bonds is 4. The van der Waals surface area contributed by atoms with E-state index in [9.17, 15) is 4.79 Å². The van der Waals surface area contributed by atoms with Gasteiger partial charge in [-0.25, -0.2) is 4.98 Å². The van der Waals surface area contributed by atoms with Crippen molar-refractivity contribution >= 4 is 41.0 Å². The highest BCUT2D eigenvalue weighted by atomic mass is 35.5. The lowest BCUT2D eigenvalue weighted by Crippen LogP contribution is -2.29. The van der Waals surface area contributed by atoms with Crippen molar-refractivity contribution in [2.24, 2.45) is 7.05 Å². The van der Waals surface area contributed by atoms with Gasteiger partial charge in [-0.2, -0.15) is 4.98 Å². The summed E-state index contributed by atoms with van der Waals surface area (Å²) < 4.78 is 12.6. The number of para-hydroxylation sites is 1. The van der Waals surface area contributed by atoms with Gasteiger partial charge in [-0.1, -0.05) is 23.7 Å². The van der Waals surface area contributed by atoms with Crippen molar-refractivity contribution in [3.8, 4) is 11.5 Å². The Morgan fingerprint density at radius 3 is 2.75 bits per heavy atom. The van der Waals surface area contributed by atoms with Crippen molar-refractivity contribution < 1.29 is 9.47 Å². The Morgan fingerprint density at radius 2 is 2.00 bits per heavy atom. The smallest absolute Gasteiger partial charge is 0.294 e. The molecule has 0 aliphatic carbocycles. The third-order valence-corrected chi connectivity index (χ3v) is 4.84. The number of benzene rings is 1. The lowest BCUT2D eigenvalue weighted by atomic mass is 10.1. The monoisotopic (exact) mass is 422 g/mol. The minimum Gasteiger partial charge on any atom is -0.450 e. The van der Waals surface area contributed by atoms with E-state index in [4.69, 9.17) is 21.1 Å². The maximum absolute atomic E-state index is 12.7. The zero-order valence-electron chi connectivity index (χ0n) is 15.2. The van der Waals surface area contributed by atoms with Crippen molar-refractivity contribution in [1.82, 2.24) is 14.5 Å². The number of nitrogens with zero attached hydrogens (tertiary/aromatic N) is 3. The maximum Gasteiger partial charge on any atom is 0.294 e. The van der Waals surface area contributed by atoms with E-state index < -0.39 is 0 Å². The van der Waals surface area contributed by atoms with Gasteiger partial charge in [-0.3, -0.25) is 9.36 Å². The van der Waals surface area contributed by atoms with Crippen LogP contribution in [0.3, 0.4) is 0 Å². The normalized spacial score (nSPS) is 14.5. The van der Waals surface area contributed by atoms with Gasteiger partial charge < -0.3 is 14.8 Å². The molecule has 3 aromatic rings. The van der Waals surface area contributed by atoms with Crippen LogP contribution in [0, 0.1) is 0 Å². The van der Waals surface area contributed by atoms with Gasteiger partial charge in [0.2, 0.25) is 5.95 Å². The van der Waals surface area contributed by atoms with E-state index in [1.54, 1.807) is 43.6 Å². The SMILES string of the molecule is Cl.Cn1c(=O)c(Oc2ccccc2Cl)cc2cnc(NC3CCOCC3)nc21. The molecule has 0 radical (unpaired) electrons. The fraction of sp³-hybridized carbons (Fsp3) is 0.316. The van der Waals surface area contributed by atoms with E-state index >= 15 is 0 Å². The predicted octanol–water partition coefficient (Wildman–Crippen LogP) is 3.79. The number of hydrogen-bond donors (Lipinski definition) is 1. The van der Waals surface area contributed by atoms with Crippen LogP contribution in [0.1, 0.15) is 12.8 Å². The number of pyridine rings is 1. The van der Waals surface area contributed by atoms with Crippen LogP contribution in [0.2, 0.25) is 5.02 Å². The van der Waals surface area contributed by atoms with Gasteiger partial charge in [0.15, 0.2) is 5.75 Å². The number of hydrogen-bond acceptors (Lipinski definition) is 6. The van der Waals surface area contributed by atoms with Crippen LogP contribution in [-0.4, -0.2) is 33.8 Å². The molecule has 1 fully saturated rings. The quantitative estimate of drug-likeness (QED) is 0.688. The van der Waals surface area contributed by atoms with Crippen LogP contribution in [-0.2, 0) is 11.8 Å². The molecule has 2 aromatic heterocycles. The lowest BCUT2D eigenvalue weighted by molar-refractivity contribution is 0.0903. The Morgan fingerprint density at radius 1 is 1.25 bits per heavy atom. The van der Waals surface area contributed by atoms with Gasteiger partial charge in [-0.05, 0) is 31.0 Å². The molecular formula is C19H20Cl2N4O3. The molecule has 1 saturated heterocycles. The number of nitrogens with one attached hydrogen (secondary N) is 1. The van der Waals surface area contributed by atoms with Gasteiger partial charge in [0.05, 0.1) is 5.02 Å². The fourth-order valence-electron chi connectivity index (χ4n) is 3.03. The third-order valence-electron chi connectivity index (χ3n) is 4.53. The van der Waals surface area contributed by atoms with Crippen LogP contribution >= 0.6 is 24.0 Å². The highest BCUT2D eigenvalue weighted by molar-refractivity contribution is 6.32. The fourth-order valence-corrected chi connectivity index (χ4v) is 3.20. The Hall–Kier alpha value is -2.35. The predicted molar refractivity (Wildman–Crippen MR) is 111 cm³/mol. The first-order chi connectivity index (χ1) is 13.1. The van der Waals surface area contributed by atoms with Crippen LogP contribution in [0.25, 0.3) is 11.0 Å². The summed E-state index contributed by atoms with van der Waals surface area (Å²) in [5.74, 6) is 1.10. The van der Waals surface area contributed by atoms with E-state index in [1.807, 2.05) is 0 Å². The zero-order chi connectivity index (χ0) is 18.8. The molecule has 0 spiro atoms. The summed E-state index contributed by atoms with van der Waals surface area (Å²) in [5.41, 5.74) is 0.245. The summed E-state index contributed by atoms with van der Waals surface area (Å²) in [4.78, 5) is 21.6. The summed E-state index contributed by atoms with van der Waals surface area (Å²) in [5, 5.41) is 4.46. The molecule has 0 atom stereocenters. The van der Waals surface area contributed by atoms with Gasteiger partial charge in [0, 0.05) is 37.9 Å². The molecule has 0 unspecified atom stereocenters. The van der Waals surface area contributed by atoms with Crippen LogP contribution in [0.15, 0.2) is 41.3 Å². The van der Waals surface area contributed by atoms with Crippen molar-refractivity contribution in [3.05, 3.63) is 51.9 Å². The Bertz CT molecular complexity index is 1040. The molecule has 0 amide bonds. The van der Waals surface area contributed by atoms with Crippen LogP contribution in [0.4, 0.5) is 5.95 Å². The second-order valence-electron chi connectivity index (χ2n) is 6.41. The molecule has 1 aromatic carbocycles. The molecule has 1 N–H and O–H groups in total. The van der Waals surface area contributed by atoms with Crippen LogP contribution in [0.5, 0.6) is 11.5 Å². The summed E-state index contributed by atoms with van der Waals surface area (Å²) in [6, 6.07) is 8.93. The third kappa shape index (κ3) is 4.22. The molecule has 1 aliphatic rings. The second kappa shape index (κ2) is 8.77. The summed E-state index contributed by atoms with van der Waals surface area (Å²) in [6.07, 6.45) is 3.50. The van der Waals surface area contributed by atoms with Crippen molar-refractivity contribution in [2.75, 3.05) is 18.5 Å². The van der Waals surface area contributed by atoms with Gasteiger partial charge in [0.1, 0.15) is 11.4 Å². The summed E-state index contributed by atoms with van der Waals surface area (Å²) in [6.45, 7) is 1.46. The summed E-state index contributed by atoms with van der Waals surface area (Å²) in [7, 11) is 1.66. The van der Waals surface area contributed by atoms with Gasteiger partial charge in [0.25, 0.3) is 5.56 Å². The minimum absolute atomic E-state index is 0. The summed E-state index contributed by atoms with van der Waals surface area (Å²) >= 11 is 6.12. The van der Waals surface area contributed by atoms with Crippen molar-refractivity contribution in [3.63, 3.8) is 0 Å².